The standard InChI is InChI=1S/C36H26N2/c1-3-11-27(12-4-1)37-33-17-9-7-15-29(33)31-23-25(19-21-35(31)37)26-20-22-36-32(24-26)30-16-8-10-18-34(30)38(36)28-13-5-2-6-14-28/h1-23,26H,24H2. The zero-order valence-electron chi connectivity index (χ0n) is 21.0. The van der Waals surface area contributed by atoms with Gasteiger partial charge in [0.15, 0.2) is 0 Å². The third-order valence-corrected chi connectivity index (χ3v) is 8.08. The molecule has 7 aromatic rings. The molecule has 1 aliphatic carbocycles. The highest BCUT2D eigenvalue weighted by molar-refractivity contribution is 6.09. The van der Waals surface area contributed by atoms with E-state index in [9.17, 15) is 0 Å². The van der Waals surface area contributed by atoms with Crippen LogP contribution < -0.4 is 0 Å². The van der Waals surface area contributed by atoms with Gasteiger partial charge in [0.2, 0.25) is 0 Å². The van der Waals surface area contributed by atoms with E-state index in [0.29, 0.717) is 5.92 Å². The highest BCUT2D eigenvalue weighted by Gasteiger charge is 2.24. The van der Waals surface area contributed by atoms with Gasteiger partial charge in [0.25, 0.3) is 0 Å². The van der Waals surface area contributed by atoms with Crippen molar-refractivity contribution in [3.8, 4) is 11.4 Å². The molecule has 1 aliphatic rings. The summed E-state index contributed by atoms with van der Waals surface area (Å²) in [5.74, 6) is 0.334. The molecule has 0 saturated heterocycles. The first-order valence-corrected chi connectivity index (χ1v) is 13.3. The van der Waals surface area contributed by atoms with Gasteiger partial charge in [0, 0.05) is 39.1 Å². The molecule has 38 heavy (non-hydrogen) atoms. The Bertz CT molecular complexity index is 1990. The molecule has 0 aliphatic heterocycles. The van der Waals surface area contributed by atoms with Gasteiger partial charge in [0.1, 0.15) is 0 Å². The van der Waals surface area contributed by atoms with Crippen LogP contribution >= 0.6 is 0 Å². The molecule has 0 bridgehead atoms. The van der Waals surface area contributed by atoms with Crippen LogP contribution in [0.4, 0.5) is 0 Å². The van der Waals surface area contributed by atoms with Crippen LogP contribution in [0.5, 0.6) is 0 Å². The highest BCUT2D eigenvalue weighted by atomic mass is 15.0. The van der Waals surface area contributed by atoms with Crippen LogP contribution in [0.1, 0.15) is 22.7 Å². The molecule has 8 rings (SSSR count). The van der Waals surface area contributed by atoms with Gasteiger partial charge < -0.3 is 9.13 Å². The summed E-state index contributed by atoms with van der Waals surface area (Å²) in [5.41, 5.74) is 10.3. The van der Waals surface area contributed by atoms with Crippen LogP contribution in [0.25, 0.3) is 50.2 Å². The zero-order valence-corrected chi connectivity index (χ0v) is 21.0. The number of aromatic nitrogens is 2. The molecule has 1 unspecified atom stereocenters. The van der Waals surface area contributed by atoms with Crippen molar-refractivity contribution >= 4 is 38.8 Å². The first kappa shape index (κ1) is 21.3. The molecule has 1 atom stereocenters. The van der Waals surface area contributed by atoms with Gasteiger partial charge in [-0.2, -0.15) is 0 Å². The lowest BCUT2D eigenvalue weighted by Crippen LogP contribution is -2.07. The van der Waals surface area contributed by atoms with E-state index in [0.717, 1.165) is 6.42 Å². The molecule has 0 radical (unpaired) electrons. The predicted octanol–water partition coefficient (Wildman–Crippen LogP) is 9.08. The van der Waals surface area contributed by atoms with Gasteiger partial charge in [-0.3, -0.25) is 0 Å². The highest BCUT2D eigenvalue weighted by Crippen LogP contribution is 2.40. The molecule has 2 heteroatoms. The summed E-state index contributed by atoms with van der Waals surface area (Å²) in [7, 11) is 0. The Balaban J connectivity index is 1.28. The maximum atomic E-state index is 2.42. The summed E-state index contributed by atoms with van der Waals surface area (Å²) in [6.45, 7) is 0. The third-order valence-electron chi connectivity index (χ3n) is 8.08. The molecule has 5 aromatic carbocycles. The first-order chi connectivity index (χ1) is 18.9. The summed E-state index contributed by atoms with van der Waals surface area (Å²) in [6.07, 6.45) is 5.74. The van der Waals surface area contributed by atoms with Crippen molar-refractivity contribution in [1.82, 2.24) is 9.13 Å². The van der Waals surface area contributed by atoms with E-state index in [1.54, 1.807) is 0 Å². The van der Waals surface area contributed by atoms with Crippen LogP contribution in [-0.4, -0.2) is 9.13 Å². The molecule has 2 heterocycles. The van der Waals surface area contributed by atoms with Crippen LogP contribution in [-0.2, 0) is 6.42 Å². The Morgan fingerprint density at radius 1 is 0.500 bits per heavy atom. The molecular weight excluding hydrogens is 460 g/mol. The van der Waals surface area contributed by atoms with Gasteiger partial charge in [-0.1, -0.05) is 84.9 Å². The number of allylic oxidation sites excluding steroid dienone is 1. The topological polar surface area (TPSA) is 9.86 Å². The zero-order chi connectivity index (χ0) is 25.1. The van der Waals surface area contributed by atoms with Crippen LogP contribution in [0.3, 0.4) is 0 Å². The second-order valence-electron chi connectivity index (χ2n) is 10.2. The average molecular weight is 487 g/mol. The van der Waals surface area contributed by atoms with Gasteiger partial charge in [-0.25, -0.2) is 0 Å². The first-order valence-electron chi connectivity index (χ1n) is 13.3. The van der Waals surface area contributed by atoms with E-state index < -0.39 is 0 Å². The average Bonchev–Trinajstić information content (AvgIpc) is 3.50. The lowest BCUT2D eigenvalue weighted by atomic mass is 9.86. The van der Waals surface area contributed by atoms with Crippen molar-refractivity contribution in [3.05, 3.63) is 150 Å². The number of rotatable bonds is 3. The van der Waals surface area contributed by atoms with Gasteiger partial charge in [-0.05, 0) is 72.2 Å². The summed E-state index contributed by atoms with van der Waals surface area (Å²) < 4.78 is 4.80. The lowest BCUT2D eigenvalue weighted by Gasteiger charge is -2.20. The lowest BCUT2D eigenvalue weighted by molar-refractivity contribution is 0.826. The van der Waals surface area contributed by atoms with Crippen LogP contribution in [0.2, 0.25) is 0 Å². The second-order valence-corrected chi connectivity index (χ2v) is 10.2. The summed E-state index contributed by atoms with van der Waals surface area (Å²) in [6, 6.07) is 46.1. The maximum Gasteiger partial charge on any atom is 0.0541 e. The van der Waals surface area contributed by atoms with Crippen LogP contribution in [0, 0.1) is 0 Å². The van der Waals surface area contributed by atoms with Crippen molar-refractivity contribution in [1.29, 1.82) is 0 Å². The fraction of sp³-hybridized carbons (Fsp3) is 0.0556. The quantitative estimate of drug-likeness (QED) is 0.236. The van der Waals surface area contributed by atoms with E-state index in [1.807, 2.05) is 0 Å². The number of para-hydroxylation sites is 4. The minimum absolute atomic E-state index is 0.334. The minimum Gasteiger partial charge on any atom is -0.310 e. The Labute approximate surface area is 221 Å². The summed E-state index contributed by atoms with van der Waals surface area (Å²) in [4.78, 5) is 0. The Morgan fingerprint density at radius 2 is 1.08 bits per heavy atom. The molecule has 2 nitrogen and oxygen atoms in total. The minimum atomic E-state index is 0.334. The molecule has 180 valence electrons. The molecular formula is C36H26N2. The molecule has 0 spiro atoms. The number of hydrogen-bond acceptors (Lipinski definition) is 0. The second kappa shape index (κ2) is 8.36. The van der Waals surface area contributed by atoms with E-state index >= 15 is 0 Å². The Hall–Kier alpha value is -4.82. The number of benzene rings is 5. The van der Waals surface area contributed by atoms with Crippen molar-refractivity contribution in [2.75, 3.05) is 0 Å². The van der Waals surface area contributed by atoms with E-state index in [4.69, 9.17) is 0 Å². The van der Waals surface area contributed by atoms with Crippen molar-refractivity contribution in [3.63, 3.8) is 0 Å². The Kier molecular flexibility index (Phi) is 4.68. The molecule has 0 amide bonds. The summed E-state index contributed by atoms with van der Waals surface area (Å²) in [5, 5.41) is 3.96. The monoisotopic (exact) mass is 486 g/mol. The number of nitrogens with zero attached hydrogens (tertiary/aromatic N) is 2. The van der Waals surface area contributed by atoms with Crippen molar-refractivity contribution in [2.45, 2.75) is 12.3 Å². The SMILES string of the molecule is C1=CC(c2ccc3c(c2)c2ccccc2n3-c2ccccc2)Cc2c1n(-c1ccccc1)c1ccccc21. The fourth-order valence-corrected chi connectivity index (χ4v) is 6.37. The summed E-state index contributed by atoms with van der Waals surface area (Å²) >= 11 is 0. The van der Waals surface area contributed by atoms with Gasteiger partial charge in [-0.15, -0.1) is 0 Å². The number of hydrogen-bond donors (Lipinski definition) is 0. The van der Waals surface area contributed by atoms with E-state index in [1.165, 1.54) is 60.9 Å². The Morgan fingerprint density at radius 3 is 1.82 bits per heavy atom. The fourth-order valence-electron chi connectivity index (χ4n) is 6.37. The van der Waals surface area contributed by atoms with E-state index in [2.05, 4.69) is 149 Å². The maximum absolute atomic E-state index is 2.42. The molecule has 0 saturated carbocycles. The van der Waals surface area contributed by atoms with Crippen LogP contribution in [0.15, 0.2) is 133 Å². The largest absolute Gasteiger partial charge is 0.310 e. The van der Waals surface area contributed by atoms with Crippen molar-refractivity contribution < 1.29 is 0 Å². The molecule has 0 fully saturated rings. The normalized spacial score (nSPS) is 14.9. The molecule has 2 aromatic heterocycles. The van der Waals surface area contributed by atoms with Crippen molar-refractivity contribution in [2.24, 2.45) is 0 Å². The van der Waals surface area contributed by atoms with Gasteiger partial charge in [0.05, 0.1) is 16.6 Å². The van der Waals surface area contributed by atoms with E-state index in [-0.39, 0.29) is 0 Å². The molecule has 0 N–H and O–H groups in total. The smallest absolute Gasteiger partial charge is 0.0541 e. The third kappa shape index (κ3) is 3.13. The predicted molar refractivity (Wildman–Crippen MR) is 160 cm³/mol. The van der Waals surface area contributed by atoms with Gasteiger partial charge >= 0.3 is 0 Å². The number of fused-ring (bicyclic) bond motifs is 6.